The summed E-state index contributed by atoms with van der Waals surface area (Å²) in [5.41, 5.74) is 1.50. The van der Waals surface area contributed by atoms with E-state index in [9.17, 15) is 4.79 Å². The average Bonchev–Trinajstić information content (AvgIpc) is 3.14. The van der Waals surface area contributed by atoms with Crippen molar-refractivity contribution in [1.29, 1.82) is 0 Å². The number of aryl methyl sites for hydroxylation is 1. The third-order valence-electron chi connectivity index (χ3n) is 3.68. The van der Waals surface area contributed by atoms with Crippen molar-refractivity contribution < 1.29 is 9.32 Å². The van der Waals surface area contributed by atoms with Gasteiger partial charge in [0.05, 0.1) is 17.3 Å². The van der Waals surface area contributed by atoms with E-state index in [-0.39, 0.29) is 11.9 Å². The number of likely N-dealkylation sites (tertiary alicyclic amines) is 1. The van der Waals surface area contributed by atoms with Gasteiger partial charge in [-0.1, -0.05) is 5.16 Å². The molecule has 1 amide bonds. The fraction of sp³-hybridized carbons (Fsp3) is 0.400. The normalized spacial score (nSPS) is 18.2. The van der Waals surface area contributed by atoms with Gasteiger partial charge in [-0.15, -0.1) is 11.8 Å². The standard InChI is InChI=1S/C15H17N3O2S/c1-10-9-13(20-17-10)12-6-4-8-18(12)15(19)11-5-3-7-16-14(11)21-2/h3,5,7,9,12H,4,6,8H2,1-2H3. The maximum atomic E-state index is 12.8. The molecule has 0 N–H and O–H groups in total. The van der Waals surface area contributed by atoms with Gasteiger partial charge in [0.2, 0.25) is 0 Å². The monoisotopic (exact) mass is 303 g/mol. The Morgan fingerprint density at radius 2 is 2.38 bits per heavy atom. The van der Waals surface area contributed by atoms with E-state index in [1.165, 1.54) is 11.8 Å². The first-order valence-corrected chi connectivity index (χ1v) is 8.16. The van der Waals surface area contributed by atoms with Crippen molar-refractivity contribution in [2.75, 3.05) is 12.8 Å². The number of thioether (sulfide) groups is 1. The van der Waals surface area contributed by atoms with Gasteiger partial charge in [-0.2, -0.15) is 0 Å². The lowest BCUT2D eigenvalue weighted by Crippen LogP contribution is -2.30. The smallest absolute Gasteiger partial charge is 0.257 e. The molecule has 21 heavy (non-hydrogen) atoms. The summed E-state index contributed by atoms with van der Waals surface area (Å²) in [5, 5.41) is 4.70. The number of carbonyl (C=O) groups is 1. The summed E-state index contributed by atoms with van der Waals surface area (Å²) in [4.78, 5) is 19.0. The second-order valence-electron chi connectivity index (χ2n) is 5.09. The van der Waals surface area contributed by atoms with Crippen LogP contribution in [0.4, 0.5) is 0 Å². The van der Waals surface area contributed by atoms with Crippen LogP contribution in [0.15, 0.2) is 33.9 Å². The Morgan fingerprint density at radius 1 is 1.52 bits per heavy atom. The minimum absolute atomic E-state index is 0.0176. The van der Waals surface area contributed by atoms with Crippen LogP contribution in [0.5, 0.6) is 0 Å². The number of nitrogens with zero attached hydrogens (tertiary/aromatic N) is 3. The molecule has 3 rings (SSSR count). The lowest BCUT2D eigenvalue weighted by Gasteiger charge is -2.23. The Hall–Kier alpha value is -1.82. The van der Waals surface area contributed by atoms with Crippen molar-refractivity contribution >= 4 is 17.7 Å². The third kappa shape index (κ3) is 2.68. The number of hydrogen-bond donors (Lipinski definition) is 0. The van der Waals surface area contributed by atoms with E-state index < -0.39 is 0 Å². The van der Waals surface area contributed by atoms with E-state index in [2.05, 4.69) is 10.1 Å². The first kappa shape index (κ1) is 14.1. The lowest BCUT2D eigenvalue weighted by atomic mass is 10.1. The maximum absolute atomic E-state index is 12.8. The van der Waals surface area contributed by atoms with Gasteiger partial charge in [-0.25, -0.2) is 4.98 Å². The van der Waals surface area contributed by atoms with Gasteiger partial charge in [0.15, 0.2) is 5.76 Å². The Kier molecular flexibility index (Phi) is 3.96. The van der Waals surface area contributed by atoms with Crippen LogP contribution in [0.2, 0.25) is 0 Å². The molecule has 1 unspecified atom stereocenters. The molecule has 110 valence electrons. The molecule has 6 heteroatoms. The molecular formula is C15H17N3O2S. The summed E-state index contributed by atoms with van der Waals surface area (Å²) in [6.45, 7) is 2.63. The number of pyridine rings is 1. The molecular weight excluding hydrogens is 286 g/mol. The van der Waals surface area contributed by atoms with E-state index in [0.29, 0.717) is 5.56 Å². The Morgan fingerprint density at radius 3 is 3.10 bits per heavy atom. The van der Waals surface area contributed by atoms with E-state index in [0.717, 1.165) is 35.9 Å². The predicted octanol–water partition coefficient (Wildman–Crippen LogP) is 3.08. The molecule has 1 atom stereocenters. The van der Waals surface area contributed by atoms with Crippen LogP contribution >= 0.6 is 11.8 Å². The second-order valence-corrected chi connectivity index (χ2v) is 5.88. The first-order valence-electron chi connectivity index (χ1n) is 6.94. The summed E-state index contributed by atoms with van der Waals surface area (Å²) in [7, 11) is 0. The van der Waals surface area contributed by atoms with E-state index in [1.807, 2.05) is 30.2 Å². The van der Waals surface area contributed by atoms with Crippen molar-refractivity contribution in [3.05, 3.63) is 41.4 Å². The van der Waals surface area contributed by atoms with Crippen molar-refractivity contribution in [3.63, 3.8) is 0 Å². The topological polar surface area (TPSA) is 59.2 Å². The van der Waals surface area contributed by atoms with Gasteiger partial charge in [0.1, 0.15) is 5.03 Å². The van der Waals surface area contributed by atoms with E-state index in [4.69, 9.17) is 4.52 Å². The maximum Gasteiger partial charge on any atom is 0.257 e. The van der Waals surface area contributed by atoms with Gasteiger partial charge in [-0.05, 0) is 38.2 Å². The fourth-order valence-electron chi connectivity index (χ4n) is 2.72. The average molecular weight is 303 g/mol. The summed E-state index contributed by atoms with van der Waals surface area (Å²) in [6.07, 6.45) is 5.53. The highest BCUT2D eigenvalue weighted by Crippen LogP contribution is 2.34. The Labute approximate surface area is 127 Å². The largest absolute Gasteiger partial charge is 0.359 e. The van der Waals surface area contributed by atoms with Gasteiger partial charge >= 0.3 is 0 Å². The number of amides is 1. The Bertz CT molecular complexity index is 656. The molecule has 0 aromatic carbocycles. The zero-order valence-corrected chi connectivity index (χ0v) is 12.9. The zero-order chi connectivity index (χ0) is 14.8. The van der Waals surface area contributed by atoms with Crippen molar-refractivity contribution in [3.8, 4) is 0 Å². The fourth-order valence-corrected chi connectivity index (χ4v) is 3.26. The quantitative estimate of drug-likeness (QED) is 0.816. The van der Waals surface area contributed by atoms with Gasteiger partial charge < -0.3 is 9.42 Å². The molecule has 0 bridgehead atoms. The Balaban J connectivity index is 1.89. The predicted molar refractivity (Wildman–Crippen MR) is 80.3 cm³/mol. The van der Waals surface area contributed by atoms with Crippen LogP contribution in [-0.4, -0.2) is 33.7 Å². The van der Waals surface area contributed by atoms with Crippen LogP contribution in [0, 0.1) is 6.92 Å². The summed E-state index contributed by atoms with van der Waals surface area (Å²) in [6, 6.07) is 5.53. The number of hydrogen-bond acceptors (Lipinski definition) is 5. The van der Waals surface area contributed by atoms with E-state index >= 15 is 0 Å². The van der Waals surface area contributed by atoms with Crippen LogP contribution in [0.3, 0.4) is 0 Å². The van der Waals surface area contributed by atoms with Crippen LogP contribution in [0.25, 0.3) is 0 Å². The van der Waals surface area contributed by atoms with Crippen LogP contribution in [0.1, 0.15) is 40.7 Å². The molecule has 1 fully saturated rings. The number of aromatic nitrogens is 2. The molecule has 2 aromatic rings. The minimum atomic E-state index is -0.0198. The molecule has 1 saturated heterocycles. The molecule has 0 saturated carbocycles. The first-order chi connectivity index (χ1) is 10.2. The highest BCUT2D eigenvalue weighted by atomic mass is 32.2. The van der Waals surface area contributed by atoms with Gasteiger partial charge in [0, 0.05) is 18.8 Å². The molecule has 0 spiro atoms. The third-order valence-corrected chi connectivity index (χ3v) is 4.40. The number of rotatable bonds is 3. The summed E-state index contributed by atoms with van der Waals surface area (Å²) in [5.74, 6) is 0.789. The number of carbonyl (C=O) groups excluding carboxylic acids is 1. The van der Waals surface area contributed by atoms with Crippen molar-refractivity contribution in [2.24, 2.45) is 0 Å². The lowest BCUT2D eigenvalue weighted by molar-refractivity contribution is 0.0710. The second kappa shape index (κ2) is 5.89. The SMILES string of the molecule is CSc1ncccc1C(=O)N1CCCC1c1cc(C)no1. The zero-order valence-electron chi connectivity index (χ0n) is 12.1. The molecule has 0 aliphatic carbocycles. The van der Waals surface area contributed by atoms with Crippen molar-refractivity contribution in [2.45, 2.75) is 30.8 Å². The molecule has 3 heterocycles. The minimum Gasteiger partial charge on any atom is -0.359 e. The summed E-state index contributed by atoms with van der Waals surface area (Å²) < 4.78 is 5.36. The van der Waals surface area contributed by atoms with Crippen LogP contribution in [-0.2, 0) is 0 Å². The highest BCUT2D eigenvalue weighted by Gasteiger charge is 2.34. The molecule has 2 aromatic heterocycles. The molecule has 1 aliphatic rings. The molecule has 5 nitrogen and oxygen atoms in total. The van der Waals surface area contributed by atoms with Crippen LogP contribution < -0.4 is 0 Å². The highest BCUT2D eigenvalue weighted by molar-refractivity contribution is 7.98. The van der Waals surface area contributed by atoms with E-state index in [1.54, 1.807) is 12.3 Å². The van der Waals surface area contributed by atoms with Crippen molar-refractivity contribution in [1.82, 2.24) is 15.0 Å². The van der Waals surface area contributed by atoms with Gasteiger partial charge in [-0.3, -0.25) is 4.79 Å². The molecule has 0 radical (unpaired) electrons. The molecule has 1 aliphatic heterocycles. The van der Waals surface area contributed by atoms with Gasteiger partial charge in [0.25, 0.3) is 5.91 Å². The summed E-state index contributed by atoms with van der Waals surface area (Å²) >= 11 is 1.49.